The zero-order valence-electron chi connectivity index (χ0n) is 7.59. The Labute approximate surface area is 83.1 Å². The number of rotatable bonds is 0. The van der Waals surface area contributed by atoms with Gasteiger partial charge in [-0.1, -0.05) is 24.3 Å². The summed E-state index contributed by atoms with van der Waals surface area (Å²) < 4.78 is 0. The lowest BCUT2D eigenvalue weighted by Gasteiger charge is -2.26. The van der Waals surface area contributed by atoms with Crippen LogP contribution in [0.4, 0.5) is 0 Å². The fourth-order valence-electron chi connectivity index (χ4n) is 1.65. The van der Waals surface area contributed by atoms with Crippen molar-refractivity contribution in [3.8, 4) is 0 Å². The van der Waals surface area contributed by atoms with Gasteiger partial charge in [-0.25, -0.2) is 0 Å². The molecule has 1 radical (unpaired) electrons. The Kier molecular flexibility index (Phi) is 1.47. The minimum atomic E-state index is 1.12. The molecule has 67 valence electrons. The van der Waals surface area contributed by atoms with Crippen LogP contribution in [0.2, 0.25) is 0 Å². The van der Waals surface area contributed by atoms with Gasteiger partial charge in [0, 0.05) is 18.0 Å². The van der Waals surface area contributed by atoms with Gasteiger partial charge >= 0.3 is 0 Å². The van der Waals surface area contributed by atoms with Gasteiger partial charge in [-0.3, -0.25) is 10.0 Å². The maximum atomic E-state index is 3.28. The predicted molar refractivity (Wildman–Crippen MR) is 55.1 cm³/mol. The van der Waals surface area contributed by atoms with Crippen LogP contribution in [0, 0.1) is 6.20 Å². The van der Waals surface area contributed by atoms with Crippen LogP contribution < -0.4 is 0 Å². The second-order valence-corrected chi connectivity index (χ2v) is 3.19. The molecule has 2 heterocycles. The van der Waals surface area contributed by atoms with Gasteiger partial charge in [0.25, 0.3) is 0 Å². The molecule has 3 rings (SSSR count). The summed E-state index contributed by atoms with van der Waals surface area (Å²) in [6.07, 6.45) is 21.5. The number of hydrogen-bond acceptors (Lipinski definition) is 2. The van der Waals surface area contributed by atoms with E-state index >= 15 is 0 Å². The van der Waals surface area contributed by atoms with Crippen LogP contribution >= 0.6 is 0 Å². The molecule has 0 aromatic rings. The van der Waals surface area contributed by atoms with Gasteiger partial charge in [0.1, 0.15) is 0 Å². The Morgan fingerprint density at radius 3 is 2.86 bits per heavy atom. The van der Waals surface area contributed by atoms with E-state index in [1.165, 1.54) is 0 Å². The monoisotopic (exact) mass is 181 g/mol. The van der Waals surface area contributed by atoms with E-state index in [9.17, 15) is 0 Å². The first-order chi connectivity index (χ1) is 6.95. The Morgan fingerprint density at radius 1 is 0.929 bits per heavy atom. The molecule has 0 fully saturated rings. The maximum absolute atomic E-state index is 3.28. The van der Waals surface area contributed by atoms with E-state index in [4.69, 9.17) is 0 Å². The third kappa shape index (κ3) is 0.973. The fourth-order valence-corrected chi connectivity index (χ4v) is 1.65. The molecule has 2 aliphatic heterocycles. The lowest BCUT2D eigenvalue weighted by Crippen LogP contribution is -2.26. The Balaban J connectivity index is 2.09. The molecule has 0 aromatic heterocycles. The Morgan fingerprint density at radius 2 is 1.86 bits per heavy atom. The topological polar surface area (TPSA) is 6.48 Å². The number of nitrogens with zero attached hydrogens (tertiary/aromatic N) is 2. The van der Waals surface area contributed by atoms with E-state index in [-0.39, 0.29) is 0 Å². The molecule has 1 aliphatic carbocycles. The van der Waals surface area contributed by atoms with Gasteiger partial charge in [-0.05, 0) is 18.2 Å². The molecule has 2 heteroatoms. The first kappa shape index (κ1) is 7.44. The van der Waals surface area contributed by atoms with Crippen molar-refractivity contribution in [3.05, 3.63) is 72.4 Å². The molecule has 3 aliphatic rings. The van der Waals surface area contributed by atoms with Gasteiger partial charge in [-0.15, -0.1) is 0 Å². The molecule has 14 heavy (non-hydrogen) atoms. The van der Waals surface area contributed by atoms with Gasteiger partial charge in [0.05, 0.1) is 11.9 Å². The lowest BCUT2D eigenvalue weighted by atomic mass is 10.2. The molecule has 0 unspecified atom stereocenters. The number of allylic oxidation sites excluding steroid dienone is 7. The molecule has 0 atom stereocenters. The number of hydrazine groups is 1. The largest absolute Gasteiger partial charge is 0.256 e. The normalized spacial score (nSPS) is 21.7. The Hall–Kier alpha value is -1.96. The molecule has 0 spiro atoms. The third-order valence-corrected chi connectivity index (χ3v) is 2.29. The van der Waals surface area contributed by atoms with Crippen molar-refractivity contribution in [2.75, 3.05) is 0 Å². The molecule has 0 saturated heterocycles. The zero-order chi connectivity index (χ0) is 9.38. The summed E-state index contributed by atoms with van der Waals surface area (Å²) in [6, 6.07) is 0. The molecule has 0 bridgehead atoms. The van der Waals surface area contributed by atoms with E-state index in [0.717, 1.165) is 11.3 Å². The van der Waals surface area contributed by atoms with Gasteiger partial charge in [-0.2, -0.15) is 0 Å². The van der Waals surface area contributed by atoms with Crippen molar-refractivity contribution >= 4 is 0 Å². The highest BCUT2D eigenvalue weighted by Crippen LogP contribution is 2.29. The highest BCUT2D eigenvalue weighted by molar-refractivity contribution is 5.46. The molecule has 0 amide bonds. The first-order valence-electron chi connectivity index (χ1n) is 4.57. The molecular formula is C12H9N2. The van der Waals surface area contributed by atoms with Crippen molar-refractivity contribution in [2.45, 2.75) is 0 Å². The minimum Gasteiger partial charge on any atom is -0.256 e. The SMILES string of the molecule is [C]1=C2C=CC=CC=C2N2C=CC=CN12. The van der Waals surface area contributed by atoms with Crippen LogP contribution in [0.15, 0.2) is 66.2 Å². The maximum Gasteiger partial charge on any atom is 0.0986 e. The highest BCUT2D eigenvalue weighted by atomic mass is 15.6. The van der Waals surface area contributed by atoms with Crippen molar-refractivity contribution < 1.29 is 0 Å². The molecular weight excluding hydrogens is 172 g/mol. The van der Waals surface area contributed by atoms with Crippen LogP contribution in [0.5, 0.6) is 0 Å². The molecule has 0 N–H and O–H groups in total. The highest BCUT2D eigenvalue weighted by Gasteiger charge is 2.23. The average Bonchev–Trinajstić information content (AvgIpc) is 2.42. The van der Waals surface area contributed by atoms with Crippen LogP contribution in [-0.4, -0.2) is 10.0 Å². The van der Waals surface area contributed by atoms with Crippen molar-refractivity contribution in [2.24, 2.45) is 0 Å². The van der Waals surface area contributed by atoms with Crippen LogP contribution in [0.3, 0.4) is 0 Å². The molecule has 0 saturated carbocycles. The second kappa shape index (κ2) is 2.77. The van der Waals surface area contributed by atoms with Gasteiger partial charge in [0.2, 0.25) is 0 Å². The smallest absolute Gasteiger partial charge is 0.0986 e. The van der Waals surface area contributed by atoms with E-state index in [2.05, 4.69) is 23.4 Å². The van der Waals surface area contributed by atoms with Gasteiger partial charge in [0.15, 0.2) is 0 Å². The zero-order valence-corrected chi connectivity index (χ0v) is 7.59. The van der Waals surface area contributed by atoms with Crippen LogP contribution in [0.25, 0.3) is 0 Å². The first-order valence-corrected chi connectivity index (χ1v) is 4.57. The third-order valence-electron chi connectivity index (χ3n) is 2.29. The lowest BCUT2D eigenvalue weighted by molar-refractivity contribution is 0.194. The predicted octanol–water partition coefficient (Wildman–Crippen LogP) is 2.26. The summed E-state index contributed by atoms with van der Waals surface area (Å²) in [4.78, 5) is 0. The fraction of sp³-hybridized carbons (Fsp3) is 0. The summed E-state index contributed by atoms with van der Waals surface area (Å²) in [5.74, 6) is 0. The summed E-state index contributed by atoms with van der Waals surface area (Å²) >= 11 is 0. The van der Waals surface area contributed by atoms with E-state index in [1.807, 2.05) is 47.8 Å². The summed E-state index contributed by atoms with van der Waals surface area (Å²) in [6.45, 7) is 0. The van der Waals surface area contributed by atoms with Crippen LogP contribution in [0.1, 0.15) is 0 Å². The van der Waals surface area contributed by atoms with Crippen molar-refractivity contribution in [1.29, 1.82) is 0 Å². The average molecular weight is 181 g/mol. The van der Waals surface area contributed by atoms with Crippen molar-refractivity contribution in [1.82, 2.24) is 10.0 Å². The summed E-state index contributed by atoms with van der Waals surface area (Å²) in [5.41, 5.74) is 2.28. The summed E-state index contributed by atoms with van der Waals surface area (Å²) in [7, 11) is 0. The van der Waals surface area contributed by atoms with E-state index in [1.54, 1.807) is 0 Å². The van der Waals surface area contributed by atoms with Crippen LogP contribution in [-0.2, 0) is 0 Å². The number of hydrogen-bond donors (Lipinski definition) is 0. The van der Waals surface area contributed by atoms with Crippen molar-refractivity contribution in [3.63, 3.8) is 0 Å². The second-order valence-electron chi connectivity index (χ2n) is 3.19. The van der Waals surface area contributed by atoms with Gasteiger partial charge < -0.3 is 0 Å². The summed E-state index contributed by atoms with van der Waals surface area (Å²) in [5, 5.41) is 4.01. The Bertz CT molecular complexity index is 433. The number of fused-ring (bicyclic) bond motifs is 3. The standard InChI is InChI=1S/C12H9N2/c1-2-6-11-10-13-8-4-5-9-14(13)12(11)7-3-1/h1-9H. The quantitative estimate of drug-likeness (QED) is 0.565. The van der Waals surface area contributed by atoms with E-state index < -0.39 is 0 Å². The molecule has 2 nitrogen and oxygen atoms in total. The minimum absolute atomic E-state index is 1.12. The van der Waals surface area contributed by atoms with E-state index in [0.29, 0.717) is 0 Å². The molecule has 0 aromatic carbocycles.